The fourth-order valence-electron chi connectivity index (χ4n) is 2.53. The van der Waals surface area contributed by atoms with Gasteiger partial charge in [0.15, 0.2) is 0 Å². The average molecular weight is 233 g/mol. The Morgan fingerprint density at radius 1 is 1.53 bits per heavy atom. The molecule has 0 aliphatic heterocycles. The summed E-state index contributed by atoms with van der Waals surface area (Å²) >= 11 is 0. The maximum Gasteiger partial charge on any atom is 0.311 e. The maximum absolute atomic E-state index is 10.8. The Morgan fingerprint density at radius 3 is 2.88 bits per heavy atom. The van der Waals surface area contributed by atoms with E-state index in [0.29, 0.717) is 11.2 Å². The van der Waals surface area contributed by atoms with Gasteiger partial charge in [0.1, 0.15) is 0 Å². The van der Waals surface area contributed by atoms with Crippen molar-refractivity contribution >= 4 is 11.5 Å². The van der Waals surface area contributed by atoms with E-state index < -0.39 is 0 Å². The lowest BCUT2D eigenvalue weighted by molar-refractivity contribution is -0.384. The van der Waals surface area contributed by atoms with E-state index in [9.17, 15) is 10.1 Å². The molecular formula is C12H15N3O2. The molecule has 0 bridgehead atoms. The zero-order valence-electron chi connectivity index (χ0n) is 9.56. The van der Waals surface area contributed by atoms with Gasteiger partial charge < -0.3 is 5.32 Å². The first-order chi connectivity index (χ1) is 8.21. The third-order valence-electron chi connectivity index (χ3n) is 3.93. The van der Waals surface area contributed by atoms with Gasteiger partial charge in [-0.25, -0.2) is 4.98 Å². The zero-order valence-corrected chi connectivity index (χ0v) is 9.56. The molecule has 0 spiro atoms. The van der Waals surface area contributed by atoms with Gasteiger partial charge in [0.05, 0.1) is 4.92 Å². The summed E-state index contributed by atoms with van der Waals surface area (Å²) in [6, 6.07) is 3.09. The normalized spacial score (nSPS) is 20.9. The van der Waals surface area contributed by atoms with Gasteiger partial charge in [-0.3, -0.25) is 10.1 Å². The Kier molecular flexibility index (Phi) is 2.28. The van der Waals surface area contributed by atoms with Gasteiger partial charge in [0, 0.05) is 18.8 Å². The van der Waals surface area contributed by atoms with Crippen LogP contribution < -0.4 is 5.32 Å². The van der Waals surface area contributed by atoms with Crippen molar-refractivity contribution in [3.63, 3.8) is 0 Å². The molecule has 1 aromatic rings. The first-order valence-corrected chi connectivity index (χ1v) is 6.05. The zero-order chi connectivity index (χ0) is 11.9. The molecule has 0 radical (unpaired) electrons. The number of nitrogens with zero attached hydrogens (tertiary/aromatic N) is 2. The van der Waals surface area contributed by atoms with Gasteiger partial charge in [-0.15, -0.1) is 0 Å². The van der Waals surface area contributed by atoms with Crippen LogP contribution in [-0.4, -0.2) is 16.5 Å². The number of rotatable bonds is 5. The Labute approximate surface area is 99.4 Å². The molecule has 2 saturated carbocycles. The Hall–Kier alpha value is -1.65. The Bertz CT molecular complexity index is 453. The average Bonchev–Trinajstić information content (AvgIpc) is 3.17. The van der Waals surface area contributed by atoms with Crippen LogP contribution >= 0.6 is 0 Å². The van der Waals surface area contributed by atoms with Crippen LogP contribution in [0.5, 0.6) is 0 Å². The monoisotopic (exact) mass is 233 g/mol. The molecule has 0 atom stereocenters. The molecule has 2 aliphatic rings. The van der Waals surface area contributed by atoms with Crippen LogP contribution in [0.2, 0.25) is 0 Å². The number of hydrogen-bond donors (Lipinski definition) is 1. The number of pyridine rings is 1. The van der Waals surface area contributed by atoms with Gasteiger partial charge in [-0.1, -0.05) is 0 Å². The largest absolute Gasteiger partial charge is 0.364 e. The molecule has 0 unspecified atom stereocenters. The number of aromatic nitrogens is 1. The van der Waals surface area contributed by atoms with E-state index >= 15 is 0 Å². The Balaban J connectivity index is 1.70. The van der Waals surface area contributed by atoms with Gasteiger partial charge in [-0.2, -0.15) is 0 Å². The van der Waals surface area contributed by atoms with E-state index in [4.69, 9.17) is 0 Å². The second kappa shape index (κ2) is 3.68. The van der Waals surface area contributed by atoms with E-state index in [1.165, 1.54) is 31.7 Å². The van der Waals surface area contributed by atoms with E-state index in [1.54, 1.807) is 12.3 Å². The maximum atomic E-state index is 10.8. The fourth-order valence-corrected chi connectivity index (χ4v) is 2.53. The second-order valence-electron chi connectivity index (χ2n) is 5.12. The number of nitrogens with one attached hydrogen (secondary N) is 1. The molecule has 0 saturated heterocycles. The van der Waals surface area contributed by atoms with Crippen LogP contribution in [0.25, 0.3) is 0 Å². The molecular weight excluding hydrogens is 218 g/mol. The van der Waals surface area contributed by atoms with Crippen LogP contribution in [0.4, 0.5) is 11.5 Å². The smallest absolute Gasteiger partial charge is 0.311 e. The lowest BCUT2D eigenvalue weighted by Crippen LogP contribution is -2.18. The second-order valence-corrected chi connectivity index (χ2v) is 5.12. The van der Waals surface area contributed by atoms with Crippen molar-refractivity contribution in [1.29, 1.82) is 0 Å². The lowest BCUT2D eigenvalue weighted by atomic mass is 10.0. The molecule has 1 N–H and O–H groups in total. The quantitative estimate of drug-likeness (QED) is 0.627. The van der Waals surface area contributed by atoms with Gasteiger partial charge in [-0.05, 0) is 43.1 Å². The van der Waals surface area contributed by atoms with Crippen LogP contribution in [-0.2, 0) is 0 Å². The Morgan fingerprint density at radius 2 is 2.29 bits per heavy atom. The summed E-state index contributed by atoms with van der Waals surface area (Å²) in [5, 5.41) is 14.0. The van der Waals surface area contributed by atoms with E-state index in [-0.39, 0.29) is 10.6 Å². The molecule has 90 valence electrons. The number of nitro groups is 1. The highest BCUT2D eigenvalue weighted by Crippen LogP contribution is 2.61. The summed E-state index contributed by atoms with van der Waals surface area (Å²) in [7, 11) is 0. The molecule has 2 aliphatic carbocycles. The van der Waals surface area contributed by atoms with Crippen molar-refractivity contribution in [2.24, 2.45) is 11.3 Å². The van der Waals surface area contributed by atoms with Crippen molar-refractivity contribution in [2.75, 3.05) is 11.9 Å². The van der Waals surface area contributed by atoms with E-state index in [2.05, 4.69) is 10.3 Å². The van der Waals surface area contributed by atoms with Gasteiger partial charge >= 0.3 is 5.69 Å². The van der Waals surface area contributed by atoms with Crippen molar-refractivity contribution in [2.45, 2.75) is 25.7 Å². The summed E-state index contributed by atoms with van der Waals surface area (Å²) in [6.07, 6.45) is 6.75. The molecule has 17 heavy (non-hydrogen) atoms. The van der Waals surface area contributed by atoms with Crippen LogP contribution in [0.15, 0.2) is 18.3 Å². The molecule has 3 rings (SSSR count). The minimum absolute atomic E-state index is 0.0686. The summed E-state index contributed by atoms with van der Waals surface area (Å²) in [6.45, 7) is 0.829. The molecule has 5 nitrogen and oxygen atoms in total. The summed E-state index contributed by atoms with van der Waals surface area (Å²) in [4.78, 5) is 14.5. The molecule has 1 aromatic heterocycles. The molecule has 2 fully saturated rings. The minimum Gasteiger partial charge on any atom is -0.364 e. The standard InChI is InChI=1S/C12H15N3O2/c16-15(17)10-2-1-7-13-11(10)14-8-12(5-6-12)9-3-4-9/h1-2,7,9H,3-6,8H2,(H,13,14). The molecule has 5 heteroatoms. The van der Waals surface area contributed by atoms with Crippen LogP contribution in [0, 0.1) is 21.4 Å². The third kappa shape index (κ3) is 1.97. The van der Waals surface area contributed by atoms with Crippen LogP contribution in [0.1, 0.15) is 25.7 Å². The highest BCUT2D eigenvalue weighted by atomic mass is 16.6. The topological polar surface area (TPSA) is 68.1 Å². The van der Waals surface area contributed by atoms with E-state index in [1.807, 2.05) is 0 Å². The highest BCUT2D eigenvalue weighted by Gasteiger charge is 2.53. The molecule has 1 heterocycles. The lowest BCUT2D eigenvalue weighted by Gasteiger charge is -2.15. The predicted molar refractivity (Wildman–Crippen MR) is 63.8 cm³/mol. The van der Waals surface area contributed by atoms with Crippen molar-refractivity contribution < 1.29 is 4.92 Å². The number of anilines is 1. The molecule has 0 aromatic carbocycles. The highest BCUT2D eigenvalue weighted by molar-refractivity contribution is 5.55. The fraction of sp³-hybridized carbons (Fsp3) is 0.583. The number of hydrogen-bond acceptors (Lipinski definition) is 4. The van der Waals surface area contributed by atoms with Crippen LogP contribution in [0.3, 0.4) is 0 Å². The first-order valence-electron chi connectivity index (χ1n) is 6.05. The summed E-state index contributed by atoms with van der Waals surface area (Å²) in [5.74, 6) is 1.25. The minimum atomic E-state index is -0.383. The predicted octanol–water partition coefficient (Wildman–Crippen LogP) is 2.59. The van der Waals surface area contributed by atoms with Crippen molar-refractivity contribution in [3.8, 4) is 0 Å². The van der Waals surface area contributed by atoms with E-state index in [0.717, 1.165) is 12.5 Å². The SMILES string of the molecule is O=[N+]([O-])c1cccnc1NCC1(C2CC2)CC1. The third-order valence-corrected chi connectivity index (χ3v) is 3.93. The molecule has 0 amide bonds. The van der Waals surface area contributed by atoms with Crippen molar-refractivity contribution in [3.05, 3.63) is 28.4 Å². The summed E-state index contributed by atoms with van der Waals surface area (Å²) in [5.41, 5.74) is 0.491. The van der Waals surface area contributed by atoms with Gasteiger partial charge in [0.25, 0.3) is 0 Å². The summed E-state index contributed by atoms with van der Waals surface area (Å²) < 4.78 is 0. The van der Waals surface area contributed by atoms with Gasteiger partial charge in [0.2, 0.25) is 5.82 Å². The van der Waals surface area contributed by atoms with Crippen molar-refractivity contribution in [1.82, 2.24) is 4.98 Å². The first kappa shape index (κ1) is 10.5.